The zero-order valence-corrected chi connectivity index (χ0v) is 23.5. The molecule has 3 N–H and O–H groups in total. The number of thiazole rings is 1. The maximum absolute atomic E-state index is 14.2. The average Bonchev–Trinajstić information content (AvgIpc) is 3.18. The van der Waals surface area contributed by atoms with Crippen molar-refractivity contribution in [2.75, 3.05) is 30.9 Å². The number of fused-ring (bicyclic) bond motifs is 1. The molecule has 0 saturated carbocycles. The molecule has 0 aromatic carbocycles. The van der Waals surface area contributed by atoms with Crippen LogP contribution >= 0.6 is 30.9 Å². The number of rotatable bonds is 14. The average molecular weight is 559 g/mol. The number of nitrogens with two attached hydrogens (primary N) is 1. The Labute approximate surface area is 218 Å². The Bertz CT molecular complexity index is 1190. The molecule has 3 aromatic heterocycles. The summed E-state index contributed by atoms with van der Waals surface area (Å²) in [7, 11) is -3.68. The highest BCUT2D eigenvalue weighted by atomic mass is 32.2. The van der Waals surface area contributed by atoms with Crippen molar-refractivity contribution < 1.29 is 22.5 Å². The van der Waals surface area contributed by atoms with E-state index < -0.39 is 13.6 Å². The number of hydrogen-bond acceptors (Lipinski definition) is 12. The van der Waals surface area contributed by atoms with Gasteiger partial charge in [-0.05, 0) is 45.2 Å². The van der Waals surface area contributed by atoms with Gasteiger partial charge in [0, 0.05) is 6.20 Å². The summed E-state index contributed by atoms with van der Waals surface area (Å²) in [5, 5.41) is 3.79. The number of anilines is 2. The Hall–Kier alpha value is -1.89. The lowest BCUT2D eigenvalue weighted by atomic mass is 10.0. The molecule has 0 amide bonds. The van der Waals surface area contributed by atoms with Crippen molar-refractivity contribution >= 4 is 52.2 Å². The van der Waals surface area contributed by atoms with E-state index in [4.69, 9.17) is 24.3 Å². The van der Waals surface area contributed by atoms with E-state index >= 15 is 0 Å². The quantitative estimate of drug-likeness (QED) is 0.135. The molecular formula is C22H32FN6O4PS2. The van der Waals surface area contributed by atoms with Crippen molar-refractivity contribution in [3.8, 4) is 0 Å². The molecule has 36 heavy (non-hydrogen) atoms. The molecule has 0 aliphatic rings. The lowest BCUT2D eigenvalue weighted by Gasteiger charge is -2.24. The highest BCUT2D eigenvalue weighted by Crippen LogP contribution is 2.49. The summed E-state index contributed by atoms with van der Waals surface area (Å²) >= 11 is 2.52. The van der Waals surface area contributed by atoms with Gasteiger partial charge in [0.2, 0.25) is 0 Å². The van der Waals surface area contributed by atoms with Gasteiger partial charge in [0.15, 0.2) is 21.8 Å². The second-order valence-electron chi connectivity index (χ2n) is 8.24. The molecule has 14 heteroatoms. The maximum Gasteiger partial charge on any atom is 0.474 e. The summed E-state index contributed by atoms with van der Waals surface area (Å²) in [6.07, 6.45) is 2.24. The molecule has 10 nitrogen and oxygen atoms in total. The fourth-order valence-electron chi connectivity index (χ4n) is 3.42. The Morgan fingerprint density at radius 1 is 1.17 bits per heavy atom. The lowest BCUT2D eigenvalue weighted by Crippen LogP contribution is -2.28. The Morgan fingerprint density at radius 2 is 1.89 bits per heavy atom. The first-order chi connectivity index (χ1) is 17.1. The van der Waals surface area contributed by atoms with E-state index in [1.54, 1.807) is 26.1 Å². The van der Waals surface area contributed by atoms with Crippen molar-refractivity contribution in [1.82, 2.24) is 19.9 Å². The highest BCUT2D eigenvalue weighted by molar-refractivity contribution is 7.99. The molecule has 0 aliphatic heterocycles. The predicted molar refractivity (Wildman–Crippen MR) is 142 cm³/mol. The molecule has 2 atom stereocenters. The van der Waals surface area contributed by atoms with Gasteiger partial charge in [-0.2, -0.15) is 0 Å². The van der Waals surface area contributed by atoms with E-state index in [1.807, 2.05) is 6.92 Å². The summed E-state index contributed by atoms with van der Waals surface area (Å²) in [4.78, 5) is 17.7. The molecule has 0 fully saturated rings. The van der Waals surface area contributed by atoms with E-state index in [1.165, 1.54) is 29.2 Å². The molecule has 3 aromatic rings. The number of pyridine rings is 1. The van der Waals surface area contributed by atoms with Crippen LogP contribution in [0.4, 0.5) is 15.3 Å². The number of aromatic nitrogens is 4. The van der Waals surface area contributed by atoms with Gasteiger partial charge in [-0.15, -0.1) is 0 Å². The van der Waals surface area contributed by atoms with Crippen LogP contribution in [0.3, 0.4) is 0 Å². The van der Waals surface area contributed by atoms with Crippen LogP contribution in [0.5, 0.6) is 0 Å². The van der Waals surface area contributed by atoms with Gasteiger partial charge in [0.05, 0.1) is 36.8 Å². The zero-order chi connectivity index (χ0) is 26.3. The number of halogens is 1. The third kappa shape index (κ3) is 7.80. The number of nitrogens with zero attached hydrogens (tertiary/aromatic N) is 4. The van der Waals surface area contributed by atoms with Crippen LogP contribution in [0.25, 0.3) is 10.3 Å². The topological polar surface area (TPSA) is 134 Å². The first-order valence-corrected chi connectivity index (χ1v) is 14.8. The second kappa shape index (κ2) is 13.1. The molecule has 3 heterocycles. The van der Waals surface area contributed by atoms with Gasteiger partial charge in [0.1, 0.15) is 10.5 Å². The smallest absolute Gasteiger partial charge is 0.375 e. The van der Waals surface area contributed by atoms with Crippen LogP contribution < -0.4 is 11.1 Å². The van der Waals surface area contributed by atoms with Gasteiger partial charge >= 0.3 is 7.82 Å². The zero-order valence-electron chi connectivity index (χ0n) is 20.9. The van der Waals surface area contributed by atoms with E-state index in [9.17, 15) is 8.96 Å². The first-order valence-electron chi connectivity index (χ1n) is 11.6. The molecule has 3 rings (SSSR count). The van der Waals surface area contributed by atoms with Crippen LogP contribution in [0, 0.1) is 11.7 Å². The minimum Gasteiger partial charge on any atom is -0.375 e. The minimum atomic E-state index is -3.68. The SMILES string of the molecule is CCOP(=O)(OCC)OC[C@@H](CC(C)C)Nc1nc(SC(C)c2ncccc2F)nc2nc(N)sc12. The molecule has 0 aliphatic carbocycles. The number of hydrogen-bond donors (Lipinski definition) is 2. The van der Waals surface area contributed by atoms with Crippen molar-refractivity contribution in [1.29, 1.82) is 0 Å². The number of thioether (sulfide) groups is 1. The third-order valence-electron chi connectivity index (χ3n) is 4.81. The molecule has 1 unspecified atom stereocenters. The number of phosphoric ester groups is 1. The van der Waals surface area contributed by atoms with Crippen molar-refractivity contribution in [2.45, 2.75) is 57.5 Å². The predicted octanol–water partition coefficient (Wildman–Crippen LogP) is 6.08. The maximum atomic E-state index is 14.2. The van der Waals surface area contributed by atoms with Gasteiger partial charge in [-0.25, -0.2) is 23.9 Å². The number of phosphoric acid groups is 1. The summed E-state index contributed by atoms with van der Waals surface area (Å²) < 4.78 is 43.9. The van der Waals surface area contributed by atoms with E-state index in [0.717, 1.165) is 0 Å². The fourth-order valence-corrected chi connectivity index (χ4v) is 6.25. The van der Waals surface area contributed by atoms with Crippen LogP contribution in [0.15, 0.2) is 23.5 Å². The van der Waals surface area contributed by atoms with E-state index in [2.05, 4.69) is 34.1 Å². The van der Waals surface area contributed by atoms with E-state index in [0.29, 0.717) is 44.5 Å². The monoisotopic (exact) mass is 558 g/mol. The molecule has 0 spiro atoms. The largest absolute Gasteiger partial charge is 0.474 e. The van der Waals surface area contributed by atoms with Crippen LogP contribution in [0.1, 0.15) is 52.0 Å². The third-order valence-corrected chi connectivity index (χ3v) is 8.27. The summed E-state index contributed by atoms with van der Waals surface area (Å²) in [5.41, 5.74) is 6.71. The standard InChI is InChI=1S/C22H32FN6O4PS2/c1-6-31-34(30,32-7-2)33-12-15(11-13(3)4)26-19-18-20(27-21(24)36-18)29-22(28-19)35-14(5)17-16(23)9-8-10-25-17/h8-10,13-15H,6-7,11-12H2,1-5H3,(H3,24,26,27,28,29)/t14?,15-/m1/s1. The van der Waals surface area contributed by atoms with Crippen molar-refractivity contribution in [2.24, 2.45) is 5.92 Å². The number of nitrogen functional groups attached to an aromatic ring is 1. The van der Waals surface area contributed by atoms with Crippen LogP contribution in [-0.2, 0) is 18.1 Å². The normalized spacial score (nSPS) is 13.9. The first kappa shape index (κ1) is 28.7. The van der Waals surface area contributed by atoms with Crippen LogP contribution in [0.2, 0.25) is 0 Å². The van der Waals surface area contributed by atoms with Gasteiger partial charge < -0.3 is 11.1 Å². The summed E-state index contributed by atoms with van der Waals surface area (Å²) in [6.45, 7) is 9.88. The summed E-state index contributed by atoms with van der Waals surface area (Å²) in [6, 6.07) is 2.65. The second-order valence-corrected chi connectivity index (χ2v) is 12.2. The van der Waals surface area contributed by atoms with Gasteiger partial charge in [-0.3, -0.25) is 18.6 Å². The number of nitrogens with one attached hydrogen (secondary N) is 1. The van der Waals surface area contributed by atoms with Crippen molar-refractivity contribution in [3.05, 3.63) is 29.8 Å². The van der Waals surface area contributed by atoms with Crippen LogP contribution in [-0.4, -0.2) is 45.8 Å². The van der Waals surface area contributed by atoms with Gasteiger partial charge in [0.25, 0.3) is 0 Å². The Kier molecular flexibility index (Phi) is 10.4. The molecule has 198 valence electrons. The van der Waals surface area contributed by atoms with Gasteiger partial charge in [-0.1, -0.05) is 36.9 Å². The van der Waals surface area contributed by atoms with E-state index in [-0.39, 0.29) is 31.1 Å². The minimum absolute atomic E-state index is 0.0628. The molecular weight excluding hydrogens is 526 g/mol. The molecule has 0 radical (unpaired) electrons. The highest BCUT2D eigenvalue weighted by Gasteiger charge is 2.28. The van der Waals surface area contributed by atoms with Crippen molar-refractivity contribution in [3.63, 3.8) is 0 Å². The Balaban J connectivity index is 1.88. The Morgan fingerprint density at radius 3 is 2.53 bits per heavy atom. The molecule has 0 saturated heterocycles. The lowest BCUT2D eigenvalue weighted by molar-refractivity contribution is 0.116. The molecule has 0 bridgehead atoms. The fraction of sp³-hybridized carbons (Fsp3) is 0.545. The summed E-state index contributed by atoms with van der Waals surface area (Å²) in [5.74, 6) is 0.425.